The molecule has 0 fully saturated rings. The van der Waals surface area contributed by atoms with E-state index in [4.69, 9.17) is 4.42 Å². The number of alkyl halides is 3. The van der Waals surface area contributed by atoms with Crippen LogP contribution < -0.4 is 5.32 Å². The summed E-state index contributed by atoms with van der Waals surface area (Å²) in [5.74, 6) is -0.696. The van der Waals surface area contributed by atoms with Crippen LogP contribution in [0, 0.1) is 0 Å². The number of carbonyl (C=O) groups is 2. The summed E-state index contributed by atoms with van der Waals surface area (Å²) in [5.41, 5.74) is 0.221. The number of ketones is 1. The Kier molecular flexibility index (Phi) is 4.76. The van der Waals surface area contributed by atoms with Crippen LogP contribution in [-0.2, 0) is 6.18 Å². The molecule has 0 atom stereocenters. The molecule has 9 heteroatoms. The van der Waals surface area contributed by atoms with Crippen molar-refractivity contribution in [2.24, 2.45) is 0 Å². The van der Waals surface area contributed by atoms with Crippen molar-refractivity contribution in [1.82, 2.24) is 10.2 Å². The molecule has 0 unspecified atom stereocenters. The molecule has 6 nitrogen and oxygen atoms in total. The molecule has 3 rings (SSSR count). The van der Waals surface area contributed by atoms with Crippen LogP contribution in [0.25, 0.3) is 11.5 Å². The first-order valence-electron chi connectivity index (χ1n) is 7.67. The van der Waals surface area contributed by atoms with Crippen molar-refractivity contribution >= 4 is 17.7 Å². The van der Waals surface area contributed by atoms with E-state index >= 15 is 0 Å². The Labute approximate surface area is 151 Å². The fourth-order valence-corrected chi connectivity index (χ4v) is 2.22. The fourth-order valence-electron chi connectivity index (χ4n) is 2.22. The van der Waals surface area contributed by atoms with Gasteiger partial charge in [0.1, 0.15) is 0 Å². The summed E-state index contributed by atoms with van der Waals surface area (Å²) < 4.78 is 43.0. The van der Waals surface area contributed by atoms with Crippen LogP contribution in [-0.4, -0.2) is 21.9 Å². The number of rotatable bonds is 4. The van der Waals surface area contributed by atoms with Gasteiger partial charge < -0.3 is 4.42 Å². The Balaban J connectivity index is 1.72. The molecule has 1 N–H and O–H groups in total. The number of amides is 1. The van der Waals surface area contributed by atoms with E-state index in [1.807, 2.05) is 0 Å². The number of hydrogen-bond acceptors (Lipinski definition) is 5. The molecule has 3 aromatic rings. The molecule has 0 aliphatic carbocycles. The molecule has 1 aromatic heterocycles. The fraction of sp³-hybridized carbons (Fsp3) is 0.111. The van der Waals surface area contributed by atoms with Gasteiger partial charge in [0.05, 0.1) is 5.56 Å². The van der Waals surface area contributed by atoms with Crippen molar-refractivity contribution in [1.29, 1.82) is 0 Å². The number of benzene rings is 2. The second-order valence-electron chi connectivity index (χ2n) is 5.58. The average molecular weight is 375 g/mol. The van der Waals surface area contributed by atoms with Gasteiger partial charge in [0.15, 0.2) is 5.78 Å². The minimum atomic E-state index is -4.44. The largest absolute Gasteiger partial charge is 0.416 e. The summed E-state index contributed by atoms with van der Waals surface area (Å²) in [5, 5.41) is 9.74. The van der Waals surface area contributed by atoms with E-state index in [2.05, 4.69) is 15.5 Å². The summed E-state index contributed by atoms with van der Waals surface area (Å²) in [7, 11) is 0. The summed E-state index contributed by atoms with van der Waals surface area (Å²) in [4.78, 5) is 23.4. The highest BCUT2D eigenvalue weighted by atomic mass is 19.4. The number of aromatic nitrogens is 2. The molecule has 27 heavy (non-hydrogen) atoms. The summed E-state index contributed by atoms with van der Waals surface area (Å²) in [6.07, 6.45) is -4.44. The smallest absolute Gasteiger partial charge is 0.403 e. The van der Waals surface area contributed by atoms with Crippen LogP contribution in [0.3, 0.4) is 0 Å². The normalized spacial score (nSPS) is 11.3. The van der Waals surface area contributed by atoms with Crippen molar-refractivity contribution in [3.8, 4) is 11.5 Å². The van der Waals surface area contributed by atoms with E-state index in [0.29, 0.717) is 5.56 Å². The number of hydrogen-bond donors (Lipinski definition) is 1. The van der Waals surface area contributed by atoms with Crippen molar-refractivity contribution in [2.45, 2.75) is 13.1 Å². The first kappa shape index (κ1) is 18.3. The van der Waals surface area contributed by atoms with E-state index in [1.54, 1.807) is 0 Å². The highest BCUT2D eigenvalue weighted by Crippen LogP contribution is 2.30. The van der Waals surface area contributed by atoms with Crippen LogP contribution in [0.2, 0.25) is 0 Å². The number of Topliss-reactive ketones (excluding diaryl/α,β-unsaturated/α-hetero) is 1. The second kappa shape index (κ2) is 7.02. The zero-order valence-corrected chi connectivity index (χ0v) is 13.9. The van der Waals surface area contributed by atoms with Gasteiger partial charge in [-0.3, -0.25) is 14.9 Å². The Morgan fingerprint density at radius 2 is 1.52 bits per heavy atom. The van der Waals surface area contributed by atoms with Crippen LogP contribution in [0.5, 0.6) is 0 Å². The molecule has 0 saturated carbocycles. The average Bonchev–Trinajstić information content (AvgIpc) is 3.09. The van der Waals surface area contributed by atoms with Gasteiger partial charge in [-0.25, -0.2) is 0 Å². The van der Waals surface area contributed by atoms with Crippen LogP contribution in [0.1, 0.15) is 33.2 Å². The molecule has 138 valence electrons. The molecule has 0 aliphatic rings. The molecule has 2 aromatic carbocycles. The highest BCUT2D eigenvalue weighted by molar-refractivity contribution is 6.04. The summed E-state index contributed by atoms with van der Waals surface area (Å²) in [6, 6.07) is 9.95. The molecule has 1 heterocycles. The quantitative estimate of drug-likeness (QED) is 0.691. The lowest BCUT2D eigenvalue weighted by molar-refractivity contribution is -0.137. The Morgan fingerprint density at radius 1 is 0.926 bits per heavy atom. The van der Waals surface area contributed by atoms with E-state index in [-0.39, 0.29) is 28.8 Å². The topological polar surface area (TPSA) is 85.1 Å². The lowest BCUT2D eigenvalue weighted by Gasteiger charge is -2.05. The van der Waals surface area contributed by atoms with Gasteiger partial charge in [-0.1, -0.05) is 17.2 Å². The van der Waals surface area contributed by atoms with E-state index in [9.17, 15) is 22.8 Å². The van der Waals surface area contributed by atoms with Crippen molar-refractivity contribution in [2.75, 3.05) is 5.32 Å². The van der Waals surface area contributed by atoms with Gasteiger partial charge >= 0.3 is 12.2 Å². The predicted octanol–water partition coefficient (Wildman–Crippen LogP) is 4.21. The number of anilines is 1. The number of nitrogens with zero attached hydrogens (tertiary/aromatic N) is 2. The van der Waals surface area contributed by atoms with E-state index < -0.39 is 17.6 Å². The lowest BCUT2D eigenvalue weighted by atomic mass is 10.1. The maximum Gasteiger partial charge on any atom is 0.416 e. The molecular formula is C18H12F3N3O3. The van der Waals surface area contributed by atoms with E-state index in [0.717, 1.165) is 12.1 Å². The van der Waals surface area contributed by atoms with Crippen LogP contribution >= 0.6 is 0 Å². The van der Waals surface area contributed by atoms with Crippen molar-refractivity contribution in [3.63, 3.8) is 0 Å². The Bertz CT molecular complexity index is 978. The van der Waals surface area contributed by atoms with Crippen LogP contribution in [0.4, 0.5) is 19.2 Å². The Morgan fingerprint density at radius 3 is 2.07 bits per heavy atom. The van der Waals surface area contributed by atoms with Crippen molar-refractivity contribution in [3.05, 3.63) is 65.2 Å². The highest BCUT2D eigenvalue weighted by Gasteiger charge is 2.30. The lowest BCUT2D eigenvalue weighted by Crippen LogP contribution is -2.12. The van der Waals surface area contributed by atoms with Gasteiger partial charge in [-0.05, 0) is 43.3 Å². The molecule has 0 bridgehead atoms. The number of nitrogens with one attached hydrogen (secondary N) is 1. The van der Waals surface area contributed by atoms with Gasteiger partial charge in [0.25, 0.3) is 5.91 Å². The molecule has 0 radical (unpaired) electrons. The van der Waals surface area contributed by atoms with Gasteiger partial charge in [0, 0.05) is 16.7 Å². The zero-order valence-electron chi connectivity index (χ0n) is 13.9. The van der Waals surface area contributed by atoms with Gasteiger partial charge in [0.2, 0.25) is 5.89 Å². The predicted molar refractivity (Wildman–Crippen MR) is 89.1 cm³/mol. The standard InChI is InChI=1S/C18H12F3N3O3/c1-10(25)11-2-4-12(5-3-11)15(26)22-17-24-23-16(27-17)13-6-8-14(9-7-13)18(19,20)21/h2-9H,1H3,(H,22,24,26). The first-order chi connectivity index (χ1) is 12.7. The number of carbonyl (C=O) groups excluding carboxylic acids is 2. The summed E-state index contributed by atoms with van der Waals surface area (Å²) >= 11 is 0. The first-order valence-corrected chi connectivity index (χ1v) is 7.67. The third kappa shape index (κ3) is 4.20. The molecular weight excluding hydrogens is 363 g/mol. The minimum absolute atomic E-state index is 0.0362. The number of halogens is 3. The van der Waals surface area contributed by atoms with Crippen molar-refractivity contribution < 1.29 is 27.2 Å². The maximum absolute atomic E-state index is 12.6. The second-order valence-corrected chi connectivity index (χ2v) is 5.58. The van der Waals surface area contributed by atoms with Crippen LogP contribution in [0.15, 0.2) is 52.9 Å². The third-order valence-electron chi connectivity index (χ3n) is 3.66. The third-order valence-corrected chi connectivity index (χ3v) is 3.66. The minimum Gasteiger partial charge on any atom is -0.403 e. The maximum atomic E-state index is 12.6. The van der Waals surface area contributed by atoms with E-state index in [1.165, 1.54) is 43.3 Å². The molecule has 0 aliphatic heterocycles. The zero-order chi connectivity index (χ0) is 19.6. The SMILES string of the molecule is CC(=O)c1ccc(C(=O)Nc2nnc(-c3ccc(C(F)(F)F)cc3)o2)cc1. The molecule has 0 saturated heterocycles. The molecule has 1 amide bonds. The van der Waals surface area contributed by atoms with Gasteiger partial charge in [-0.2, -0.15) is 13.2 Å². The van der Waals surface area contributed by atoms with Gasteiger partial charge in [-0.15, -0.1) is 5.10 Å². The molecule has 0 spiro atoms. The Hall–Kier alpha value is -3.49. The summed E-state index contributed by atoms with van der Waals surface area (Å²) in [6.45, 7) is 1.41. The monoisotopic (exact) mass is 375 g/mol.